The zero-order chi connectivity index (χ0) is 37.3. The molecule has 0 aliphatic carbocycles. The van der Waals surface area contributed by atoms with Gasteiger partial charge in [0, 0.05) is 24.3 Å². The van der Waals surface area contributed by atoms with Gasteiger partial charge in [-0.05, 0) is 16.7 Å². The monoisotopic (exact) mass is 732 g/mol. The molecule has 280 valence electrons. The summed E-state index contributed by atoms with van der Waals surface area (Å²) in [4.78, 5) is 40.7. The van der Waals surface area contributed by atoms with Gasteiger partial charge in [-0.25, -0.2) is 0 Å². The maximum Gasteiger partial charge on any atom is 0.305 e. The maximum absolute atomic E-state index is 13.0. The number of carbonyl (C=O) groups excluding carboxylic acids is 3. The minimum Gasteiger partial charge on any atom is -0.453 e. The van der Waals surface area contributed by atoms with Crippen molar-refractivity contribution in [2.75, 3.05) is 6.61 Å². The number of benzene rings is 3. The molecule has 1 amide bonds. The molecule has 3 saturated heterocycles. The van der Waals surface area contributed by atoms with Crippen molar-refractivity contribution in [1.29, 1.82) is 0 Å². The molecule has 11 atom stereocenters. The van der Waals surface area contributed by atoms with Crippen LogP contribution < -0.4 is 5.73 Å². The Balaban J connectivity index is 1.35. The Morgan fingerprint density at radius 3 is 1.91 bits per heavy atom. The third-order valence-electron chi connectivity index (χ3n) is 8.79. The molecule has 3 aromatic rings. The summed E-state index contributed by atoms with van der Waals surface area (Å²) in [6.45, 7) is 2.35. The van der Waals surface area contributed by atoms with Crippen LogP contribution in [0.25, 0.3) is 10.4 Å². The van der Waals surface area contributed by atoms with Gasteiger partial charge in [-0.15, -0.1) is 0 Å². The summed E-state index contributed by atoms with van der Waals surface area (Å²) in [5.41, 5.74) is 18.0. The highest BCUT2D eigenvalue weighted by atomic mass is 16.8. The van der Waals surface area contributed by atoms with Crippen LogP contribution in [0.1, 0.15) is 36.8 Å². The highest BCUT2D eigenvalue weighted by Gasteiger charge is 2.57. The molecule has 0 aromatic heterocycles. The third-order valence-corrected chi connectivity index (χ3v) is 8.79. The number of rotatable bonds is 13. The topological polar surface area (TPSA) is 209 Å². The predicted octanol–water partition coefficient (Wildman–Crippen LogP) is 3.77. The van der Waals surface area contributed by atoms with Crippen LogP contribution in [0, 0.1) is 0 Å². The first kappa shape index (κ1) is 37.8. The van der Waals surface area contributed by atoms with Crippen molar-refractivity contribution in [3.63, 3.8) is 0 Å². The highest BCUT2D eigenvalue weighted by molar-refractivity contribution is 5.80. The van der Waals surface area contributed by atoms with Gasteiger partial charge in [0.15, 0.2) is 24.8 Å². The van der Waals surface area contributed by atoms with Crippen molar-refractivity contribution in [1.82, 2.24) is 0 Å². The summed E-state index contributed by atoms with van der Waals surface area (Å²) >= 11 is 0. The van der Waals surface area contributed by atoms with Gasteiger partial charge >= 0.3 is 11.9 Å². The van der Waals surface area contributed by atoms with E-state index in [1.807, 2.05) is 66.7 Å². The largest absolute Gasteiger partial charge is 0.453 e. The molecule has 53 heavy (non-hydrogen) atoms. The molecule has 0 radical (unpaired) electrons. The molecule has 5 unspecified atom stereocenters. The van der Waals surface area contributed by atoms with Gasteiger partial charge in [-0.2, -0.15) is 0 Å². The standard InChI is InChI=1S/C37H40N4O12/c1-21(42)48-33-30(46-19-24-14-8-4-9-15-24)31(32(34(38)44)53-37(33)49-22(2)43)52-36-27(40-41-39)29(45-18-23-12-6-3-7-13-23)28-26(50-36)20-47-35(51-28)25-16-10-5-11-17-25/h3-17,26-33,35-37H,18-20H2,1-2H3,(H2,38,44)/t26?,27?,28-,29+,30-,31+,32?,33?,35?,36-,37+/m0/s1. The third kappa shape index (κ3) is 9.37. The number of azide groups is 1. The van der Waals surface area contributed by atoms with E-state index in [-0.39, 0.29) is 19.8 Å². The van der Waals surface area contributed by atoms with Crippen molar-refractivity contribution < 1.29 is 57.0 Å². The van der Waals surface area contributed by atoms with E-state index in [1.54, 1.807) is 24.3 Å². The molecule has 2 N–H and O–H groups in total. The Morgan fingerprint density at radius 1 is 0.755 bits per heavy atom. The summed E-state index contributed by atoms with van der Waals surface area (Å²) in [5.74, 6) is -2.56. The number of ether oxygens (including phenoxy) is 9. The number of nitrogens with two attached hydrogens (primary N) is 1. The van der Waals surface area contributed by atoms with Crippen molar-refractivity contribution in [3.8, 4) is 0 Å². The molecule has 3 aromatic carbocycles. The maximum atomic E-state index is 13.0. The number of hydrogen-bond donors (Lipinski definition) is 1. The van der Waals surface area contributed by atoms with Gasteiger partial charge in [-0.3, -0.25) is 14.4 Å². The average Bonchev–Trinajstić information content (AvgIpc) is 3.15. The molecule has 3 fully saturated rings. The fraction of sp³-hybridized carbons (Fsp3) is 0.432. The van der Waals surface area contributed by atoms with Crippen molar-refractivity contribution in [3.05, 3.63) is 118 Å². The average molecular weight is 733 g/mol. The van der Waals surface area contributed by atoms with E-state index in [0.29, 0.717) is 0 Å². The molecule has 16 nitrogen and oxygen atoms in total. The molecule has 0 bridgehead atoms. The van der Waals surface area contributed by atoms with Crippen LogP contribution in [0.5, 0.6) is 0 Å². The van der Waals surface area contributed by atoms with Crippen LogP contribution >= 0.6 is 0 Å². The van der Waals surface area contributed by atoms with E-state index in [1.165, 1.54) is 0 Å². The van der Waals surface area contributed by atoms with E-state index in [9.17, 15) is 19.9 Å². The molecule has 0 saturated carbocycles. The lowest BCUT2D eigenvalue weighted by Gasteiger charge is -2.50. The van der Waals surface area contributed by atoms with Gasteiger partial charge in [0.25, 0.3) is 0 Å². The first-order valence-electron chi connectivity index (χ1n) is 17.0. The Hall–Kier alpha value is -4.90. The quantitative estimate of drug-likeness (QED) is 0.115. The minimum absolute atomic E-state index is 0.0250. The van der Waals surface area contributed by atoms with Gasteiger partial charge in [0.2, 0.25) is 12.2 Å². The van der Waals surface area contributed by atoms with E-state index in [0.717, 1.165) is 30.5 Å². The van der Waals surface area contributed by atoms with Crippen LogP contribution in [0.4, 0.5) is 0 Å². The van der Waals surface area contributed by atoms with Crippen molar-refractivity contribution in [2.45, 2.75) is 94.7 Å². The van der Waals surface area contributed by atoms with Gasteiger partial charge in [-0.1, -0.05) is 96.1 Å². The normalized spacial score (nSPS) is 30.9. The van der Waals surface area contributed by atoms with Gasteiger partial charge in [0.1, 0.15) is 36.6 Å². The molecule has 0 spiro atoms. The zero-order valence-electron chi connectivity index (χ0n) is 29.0. The lowest BCUT2D eigenvalue weighted by atomic mass is 9.94. The van der Waals surface area contributed by atoms with Crippen molar-refractivity contribution in [2.24, 2.45) is 10.8 Å². The molecule has 16 heteroatoms. The number of nitrogens with zero attached hydrogens (tertiary/aromatic N) is 3. The van der Waals surface area contributed by atoms with Crippen LogP contribution in [0.2, 0.25) is 0 Å². The Morgan fingerprint density at radius 2 is 1.34 bits per heavy atom. The molecule has 6 rings (SSSR count). The minimum atomic E-state index is -1.63. The van der Waals surface area contributed by atoms with E-state index < -0.39 is 85.5 Å². The van der Waals surface area contributed by atoms with Gasteiger partial charge < -0.3 is 48.4 Å². The van der Waals surface area contributed by atoms with E-state index in [2.05, 4.69) is 10.0 Å². The summed E-state index contributed by atoms with van der Waals surface area (Å²) in [6, 6.07) is 26.5. The molecule has 3 heterocycles. The van der Waals surface area contributed by atoms with Crippen LogP contribution in [-0.4, -0.2) is 85.8 Å². The second-order valence-electron chi connectivity index (χ2n) is 12.5. The highest BCUT2D eigenvalue weighted by Crippen LogP contribution is 2.39. The Bertz CT molecular complexity index is 1730. The number of amides is 1. The summed E-state index contributed by atoms with van der Waals surface area (Å²) in [6.07, 6.45) is -12.3. The fourth-order valence-electron chi connectivity index (χ4n) is 6.47. The van der Waals surface area contributed by atoms with Gasteiger partial charge in [0.05, 0.1) is 19.8 Å². The molecular weight excluding hydrogens is 692 g/mol. The summed E-state index contributed by atoms with van der Waals surface area (Å²) in [7, 11) is 0. The Labute approximate surface area is 304 Å². The van der Waals surface area contributed by atoms with E-state index >= 15 is 0 Å². The van der Waals surface area contributed by atoms with E-state index in [4.69, 9.17) is 48.4 Å². The zero-order valence-corrected chi connectivity index (χ0v) is 29.0. The number of carbonyl (C=O) groups is 3. The lowest BCUT2D eigenvalue weighted by Crippen LogP contribution is -2.67. The van der Waals surface area contributed by atoms with Crippen LogP contribution in [0.3, 0.4) is 0 Å². The predicted molar refractivity (Wildman–Crippen MR) is 182 cm³/mol. The second-order valence-corrected chi connectivity index (χ2v) is 12.5. The van der Waals surface area contributed by atoms with Crippen LogP contribution in [0.15, 0.2) is 96.1 Å². The number of hydrogen-bond acceptors (Lipinski definition) is 13. The molecular formula is C37H40N4O12. The first-order valence-corrected chi connectivity index (χ1v) is 17.0. The van der Waals surface area contributed by atoms with Crippen molar-refractivity contribution >= 4 is 17.8 Å². The number of primary amides is 1. The van der Waals surface area contributed by atoms with Crippen LogP contribution in [-0.2, 0) is 70.2 Å². The fourth-order valence-corrected chi connectivity index (χ4v) is 6.47. The Kier molecular flexibility index (Phi) is 12.7. The number of fused-ring (bicyclic) bond motifs is 1. The summed E-state index contributed by atoms with van der Waals surface area (Å²) in [5, 5.41) is 4.06. The lowest BCUT2D eigenvalue weighted by molar-refractivity contribution is -0.370. The molecule has 3 aliphatic rings. The SMILES string of the molecule is CC(=O)OC1[C@H](OC(C)=O)OC(C(N)=O)[C@H](O[C@@H]2OC3COC(c4ccccc4)O[C@@H]3[C@H](OCc3ccccc3)C2N=[N+]=[N-])[C@@H]1OCc1ccccc1. The first-order chi connectivity index (χ1) is 25.7. The number of esters is 2. The molecule has 3 aliphatic heterocycles. The smallest absolute Gasteiger partial charge is 0.305 e. The second kappa shape index (κ2) is 17.7. The summed E-state index contributed by atoms with van der Waals surface area (Å²) < 4.78 is 55.0.